The predicted octanol–water partition coefficient (Wildman–Crippen LogP) is 5.46. The van der Waals surface area contributed by atoms with Gasteiger partial charge in [-0.3, -0.25) is 19.6 Å². The molecule has 2 aromatic carbocycles. The molecule has 12 heteroatoms. The highest BCUT2D eigenvalue weighted by Crippen LogP contribution is 2.58. The third-order valence-electron chi connectivity index (χ3n) is 8.41. The molecular weight excluding hydrogens is 544 g/mol. The van der Waals surface area contributed by atoms with E-state index < -0.39 is 20.7 Å². The normalized spacial score (nSPS) is 25.4. The third kappa shape index (κ3) is 4.57. The first-order valence-electron chi connectivity index (χ1n) is 12.8. The second kappa shape index (κ2) is 9.34. The number of amides is 1. The van der Waals surface area contributed by atoms with Crippen LogP contribution < -0.4 is 10.1 Å². The molecule has 0 saturated heterocycles. The number of carbonyl (C=O) groups excluding carboxylic acids is 1. The van der Waals surface area contributed by atoms with Gasteiger partial charge in [0, 0.05) is 16.8 Å². The number of methoxy groups -OCH3 is 1. The summed E-state index contributed by atoms with van der Waals surface area (Å²) in [4.78, 5) is 24.6. The number of nitro groups is 1. The zero-order valence-corrected chi connectivity index (χ0v) is 22.7. The van der Waals surface area contributed by atoms with Gasteiger partial charge in [-0.25, -0.2) is 8.42 Å². The lowest BCUT2D eigenvalue weighted by Crippen LogP contribution is -2.52. The molecule has 10 nitrogen and oxygen atoms in total. The number of anilines is 1. The highest BCUT2D eigenvalue weighted by atomic mass is 35.5. The summed E-state index contributed by atoms with van der Waals surface area (Å²) in [5, 5.41) is 19.4. The monoisotopic (exact) mass is 570 g/mol. The second-order valence-corrected chi connectivity index (χ2v) is 13.4. The molecule has 4 fully saturated rings. The van der Waals surface area contributed by atoms with E-state index in [-0.39, 0.29) is 38.1 Å². The minimum Gasteiger partial charge on any atom is -0.497 e. The van der Waals surface area contributed by atoms with Crippen molar-refractivity contribution >= 4 is 38.7 Å². The number of ether oxygens (including phenoxy) is 1. The Balaban J connectivity index is 1.33. The number of nitrogens with one attached hydrogen (secondary N) is 1. The number of nitrogens with zero attached hydrogens (tertiary/aromatic N) is 3. The van der Waals surface area contributed by atoms with Gasteiger partial charge in [0.05, 0.1) is 27.4 Å². The summed E-state index contributed by atoms with van der Waals surface area (Å²) in [7, 11) is -2.60. The molecule has 0 unspecified atom stereocenters. The lowest BCUT2D eigenvalue weighted by molar-refractivity contribution is -0.385. The van der Waals surface area contributed by atoms with Crippen molar-refractivity contribution in [1.29, 1.82) is 0 Å². The highest BCUT2D eigenvalue weighted by Gasteiger charge is 2.53. The van der Waals surface area contributed by atoms with E-state index in [9.17, 15) is 23.3 Å². The number of rotatable bonds is 7. The number of carbonyl (C=O) groups is 1. The molecule has 39 heavy (non-hydrogen) atoms. The van der Waals surface area contributed by atoms with E-state index in [1.54, 1.807) is 4.68 Å². The van der Waals surface area contributed by atoms with E-state index in [0.717, 1.165) is 19.3 Å². The summed E-state index contributed by atoms with van der Waals surface area (Å²) in [6.07, 6.45) is 7.75. The fourth-order valence-corrected chi connectivity index (χ4v) is 8.55. The number of aromatic nitrogens is 2. The van der Waals surface area contributed by atoms with E-state index >= 15 is 0 Å². The molecule has 1 N–H and O–H groups in total. The Hall–Kier alpha value is -3.44. The Morgan fingerprint density at radius 1 is 1.08 bits per heavy atom. The van der Waals surface area contributed by atoms with Crippen molar-refractivity contribution in [1.82, 2.24) is 9.78 Å². The van der Waals surface area contributed by atoms with Crippen LogP contribution in [0.4, 0.5) is 11.4 Å². The standard InChI is InChI=1S/C27H27ClN4O6S/c1-38-21-9-20(10-23(11-21)39(36,37)22-4-2-19(28)3-5-22)29-26(33)25-24(32(34)35)15-31(30-25)27-12-16-6-17(13-27)8-18(7-16)14-27/h2-5,9-11,15-18H,6-8,12-14H2,1H3,(H,29,33). The van der Waals surface area contributed by atoms with Crippen molar-refractivity contribution in [3.63, 3.8) is 0 Å². The summed E-state index contributed by atoms with van der Waals surface area (Å²) in [6, 6.07) is 9.77. The molecule has 4 aliphatic carbocycles. The number of hydrogen-bond donors (Lipinski definition) is 1. The fourth-order valence-electron chi connectivity index (χ4n) is 7.11. The van der Waals surface area contributed by atoms with Gasteiger partial charge in [0.2, 0.25) is 15.5 Å². The minimum absolute atomic E-state index is 0.0161. The van der Waals surface area contributed by atoms with Gasteiger partial charge in [-0.2, -0.15) is 5.10 Å². The van der Waals surface area contributed by atoms with Crippen molar-refractivity contribution in [3.05, 3.63) is 69.5 Å². The third-order valence-corrected chi connectivity index (χ3v) is 10.4. The summed E-state index contributed by atoms with van der Waals surface area (Å²) in [5.74, 6) is 1.17. The Morgan fingerprint density at radius 3 is 2.26 bits per heavy atom. The van der Waals surface area contributed by atoms with Crippen LogP contribution in [0.2, 0.25) is 5.02 Å². The molecule has 4 bridgehead atoms. The van der Waals surface area contributed by atoms with Gasteiger partial charge in [-0.15, -0.1) is 0 Å². The first kappa shape index (κ1) is 25.8. The Kier molecular flexibility index (Phi) is 6.18. The maximum Gasteiger partial charge on any atom is 0.320 e. The molecule has 1 aromatic heterocycles. The topological polar surface area (TPSA) is 133 Å². The van der Waals surface area contributed by atoms with Crippen molar-refractivity contribution in [2.24, 2.45) is 17.8 Å². The van der Waals surface area contributed by atoms with Gasteiger partial charge >= 0.3 is 5.69 Å². The highest BCUT2D eigenvalue weighted by molar-refractivity contribution is 7.91. The maximum atomic E-state index is 13.4. The largest absolute Gasteiger partial charge is 0.497 e. The van der Waals surface area contributed by atoms with Crippen molar-refractivity contribution in [3.8, 4) is 5.75 Å². The Morgan fingerprint density at radius 2 is 1.69 bits per heavy atom. The van der Waals surface area contributed by atoms with Crippen molar-refractivity contribution < 1.29 is 22.9 Å². The Labute approximate surface area is 230 Å². The first-order chi connectivity index (χ1) is 18.6. The van der Waals surface area contributed by atoms with Crippen molar-refractivity contribution in [2.45, 2.75) is 53.9 Å². The van der Waals surface area contributed by atoms with Crippen LogP contribution in [0.5, 0.6) is 5.75 Å². The van der Waals surface area contributed by atoms with Crippen LogP contribution in [-0.2, 0) is 15.4 Å². The average molecular weight is 571 g/mol. The molecule has 4 aliphatic rings. The zero-order valence-electron chi connectivity index (χ0n) is 21.2. The molecule has 0 spiro atoms. The second-order valence-electron chi connectivity index (χ2n) is 11.0. The van der Waals surface area contributed by atoms with E-state index in [4.69, 9.17) is 16.3 Å². The van der Waals surface area contributed by atoms with Crippen LogP contribution in [0, 0.1) is 27.9 Å². The lowest BCUT2D eigenvalue weighted by atomic mass is 9.53. The summed E-state index contributed by atoms with van der Waals surface area (Å²) in [6.45, 7) is 0. The van der Waals surface area contributed by atoms with Crippen LogP contribution in [0.3, 0.4) is 0 Å². The van der Waals surface area contributed by atoms with Gasteiger partial charge in [0.25, 0.3) is 5.91 Å². The van der Waals surface area contributed by atoms with E-state index in [1.807, 2.05) is 0 Å². The zero-order chi connectivity index (χ0) is 27.5. The van der Waals surface area contributed by atoms with E-state index in [0.29, 0.717) is 22.8 Å². The molecule has 204 valence electrons. The Bertz CT molecular complexity index is 1550. The molecule has 1 amide bonds. The summed E-state index contributed by atoms with van der Waals surface area (Å²) in [5.41, 5.74) is -0.875. The van der Waals surface area contributed by atoms with Crippen LogP contribution in [0.15, 0.2) is 58.5 Å². The van der Waals surface area contributed by atoms with Crippen LogP contribution >= 0.6 is 11.6 Å². The quantitative estimate of drug-likeness (QED) is 0.294. The summed E-state index contributed by atoms with van der Waals surface area (Å²) >= 11 is 5.90. The molecule has 0 aliphatic heterocycles. The number of sulfone groups is 1. The molecule has 3 aromatic rings. The van der Waals surface area contributed by atoms with Gasteiger partial charge < -0.3 is 10.1 Å². The molecule has 4 saturated carbocycles. The van der Waals surface area contributed by atoms with Crippen LogP contribution in [0.25, 0.3) is 0 Å². The molecule has 1 heterocycles. The minimum atomic E-state index is -3.97. The predicted molar refractivity (Wildman–Crippen MR) is 143 cm³/mol. The van der Waals surface area contributed by atoms with Gasteiger partial charge in [-0.1, -0.05) is 11.6 Å². The molecular formula is C27H27ClN4O6S. The molecule has 0 radical (unpaired) electrons. The summed E-state index contributed by atoms with van der Waals surface area (Å²) < 4.78 is 33.5. The van der Waals surface area contributed by atoms with E-state index in [1.165, 1.54) is 75.0 Å². The van der Waals surface area contributed by atoms with Gasteiger partial charge in [-0.05, 0) is 92.7 Å². The number of halogens is 1. The van der Waals surface area contributed by atoms with Crippen LogP contribution in [0.1, 0.15) is 49.0 Å². The average Bonchev–Trinajstić information content (AvgIpc) is 3.35. The molecule has 7 rings (SSSR count). The fraction of sp³-hybridized carbons (Fsp3) is 0.407. The van der Waals surface area contributed by atoms with E-state index in [2.05, 4.69) is 10.4 Å². The maximum absolute atomic E-state index is 13.4. The smallest absolute Gasteiger partial charge is 0.320 e. The number of benzene rings is 2. The number of hydrogen-bond acceptors (Lipinski definition) is 7. The van der Waals surface area contributed by atoms with Crippen molar-refractivity contribution in [2.75, 3.05) is 12.4 Å². The van der Waals surface area contributed by atoms with Crippen LogP contribution in [-0.4, -0.2) is 36.1 Å². The SMILES string of the molecule is COc1cc(NC(=O)c2nn(C34CC5CC(CC(C5)C3)C4)cc2[N+](=O)[O-])cc(S(=O)(=O)c2ccc(Cl)cc2)c1. The first-order valence-corrected chi connectivity index (χ1v) is 14.7. The molecule has 0 atom stereocenters. The van der Waals surface area contributed by atoms with Gasteiger partial charge in [0.1, 0.15) is 11.9 Å². The lowest BCUT2D eigenvalue weighted by Gasteiger charge is -2.56. The van der Waals surface area contributed by atoms with Gasteiger partial charge in [0.15, 0.2) is 0 Å².